The Hall–Kier alpha value is -3.35. The molecule has 1 N–H and O–H groups in total. The largest absolute Gasteiger partial charge is 0.497 e. The summed E-state index contributed by atoms with van der Waals surface area (Å²) in [6.07, 6.45) is 4.51. The van der Waals surface area contributed by atoms with E-state index in [4.69, 9.17) is 4.74 Å². The van der Waals surface area contributed by atoms with Gasteiger partial charge in [0.05, 0.1) is 13.3 Å². The molecule has 6 heteroatoms. The van der Waals surface area contributed by atoms with Crippen molar-refractivity contribution in [2.75, 3.05) is 18.6 Å². The molecule has 0 saturated heterocycles. The molecule has 0 bridgehead atoms. The fourth-order valence-electron chi connectivity index (χ4n) is 5.05. The topological polar surface area (TPSA) is 57.4 Å². The average molecular weight is 555 g/mol. The molecule has 0 fully saturated rings. The first kappa shape index (κ1) is 29.2. The Balaban J connectivity index is 0.00000400. The third kappa shape index (κ3) is 6.03. The summed E-state index contributed by atoms with van der Waals surface area (Å²) in [4.78, 5) is 2.32. The predicted molar refractivity (Wildman–Crippen MR) is 154 cm³/mol. The van der Waals surface area contributed by atoms with Gasteiger partial charge in [-0.2, -0.15) is 5.10 Å². The van der Waals surface area contributed by atoms with E-state index in [0.717, 1.165) is 24.4 Å². The Bertz CT molecular complexity index is 1330. The molecule has 3 aromatic carbocycles. The van der Waals surface area contributed by atoms with Crippen LogP contribution in [0.5, 0.6) is 5.75 Å². The van der Waals surface area contributed by atoms with Crippen molar-refractivity contribution in [3.05, 3.63) is 107 Å². The maximum atomic E-state index is 10.3. The predicted octanol–water partition coefficient (Wildman–Crippen LogP) is 7.21. The van der Waals surface area contributed by atoms with Crippen LogP contribution in [0.25, 0.3) is 0 Å². The Morgan fingerprint density at radius 2 is 1.71 bits per heavy atom. The molecule has 1 unspecified atom stereocenters. The van der Waals surface area contributed by atoms with E-state index in [1.807, 2.05) is 30.3 Å². The molecule has 4 rings (SSSR count). The van der Waals surface area contributed by atoms with Crippen LogP contribution in [-0.2, 0) is 34.0 Å². The molecule has 3 aromatic rings. The maximum Gasteiger partial charge on any atom is 0.238 e. The van der Waals surface area contributed by atoms with Gasteiger partial charge in [-0.05, 0) is 78.8 Å². The molecule has 1 radical (unpaired) electrons. The van der Waals surface area contributed by atoms with Crippen molar-refractivity contribution in [3.8, 4) is 5.75 Å². The minimum atomic E-state index is -0.305. The molecule has 0 saturated carbocycles. The van der Waals surface area contributed by atoms with E-state index in [0.29, 0.717) is 5.56 Å². The number of likely N-dealkylation sites (N-methyl/N-ethyl adjacent to an activating group) is 1. The summed E-state index contributed by atoms with van der Waals surface area (Å²) in [5.74, 6) is 0.736. The first-order valence-electron chi connectivity index (χ1n) is 12.8. The molecule has 1 aliphatic rings. The Morgan fingerprint density at radius 3 is 2.32 bits per heavy atom. The molecule has 1 atom stereocenters. The van der Waals surface area contributed by atoms with E-state index in [2.05, 4.69) is 86.1 Å². The summed E-state index contributed by atoms with van der Waals surface area (Å²) in [6.45, 7) is 12.0. The summed E-state index contributed by atoms with van der Waals surface area (Å²) in [6, 6.07) is 24.5. The first-order valence-corrected chi connectivity index (χ1v) is 12.8. The fraction of sp³-hybridized carbons (Fsp3) is 0.312. The standard InChI is InChI=1S/C32H37N3O2.Co/c1-7-35-28-18-17-26(37-6)21-27(28)32(5,22-23-13-15-25(16-14-23)31(2,3)4)29(35)19-20-33-34-30(36)24-11-9-8-10-12-24;/h8-21H,7,22H2,1-6H3,(H,34,36);/b29-19-,33-20+;. The summed E-state index contributed by atoms with van der Waals surface area (Å²) >= 11 is 0. The van der Waals surface area contributed by atoms with Crippen molar-refractivity contribution in [1.82, 2.24) is 0 Å². The number of aliphatic hydroxyl groups is 1. The second kappa shape index (κ2) is 12.0. The van der Waals surface area contributed by atoms with Crippen molar-refractivity contribution >= 4 is 17.8 Å². The zero-order chi connectivity index (χ0) is 26.6. The maximum absolute atomic E-state index is 10.3. The SMILES string of the molecule is CCN1\C(=C/C=N/N=C(\O)c2ccccc2)C(C)(Cc2ccc(C(C)(C)C)cc2)c2cc(OC)ccc21.[Co]. The van der Waals surface area contributed by atoms with Crippen molar-refractivity contribution < 1.29 is 26.6 Å². The van der Waals surface area contributed by atoms with Gasteiger partial charge in [-0.15, -0.1) is 5.10 Å². The molecule has 38 heavy (non-hydrogen) atoms. The van der Waals surface area contributed by atoms with Crippen molar-refractivity contribution in [3.63, 3.8) is 0 Å². The number of rotatable bonds is 7. The monoisotopic (exact) mass is 554 g/mol. The number of methoxy groups -OCH3 is 1. The van der Waals surface area contributed by atoms with Crippen LogP contribution in [0, 0.1) is 0 Å². The van der Waals surface area contributed by atoms with Crippen LogP contribution in [-0.4, -0.2) is 30.9 Å². The number of anilines is 1. The summed E-state index contributed by atoms with van der Waals surface area (Å²) < 4.78 is 5.60. The normalized spacial score (nSPS) is 18.5. The number of allylic oxidation sites excluding steroid dienone is 2. The third-order valence-electron chi connectivity index (χ3n) is 7.12. The van der Waals surface area contributed by atoms with E-state index in [1.54, 1.807) is 25.5 Å². The van der Waals surface area contributed by atoms with Gasteiger partial charge in [0, 0.05) is 45.7 Å². The van der Waals surface area contributed by atoms with E-state index in [9.17, 15) is 5.11 Å². The van der Waals surface area contributed by atoms with Crippen LogP contribution >= 0.6 is 0 Å². The van der Waals surface area contributed by atoms with E-state index < -0.39 is 0 Å². The quantitative estimate of drug-likeness (QED) is 0.191. The van der Waals surface area contributed by atoms with Crippen molar-refractivity contribution in [2.45, 2.75) is 51.9 Å². The number of aliphatic hydroxyl groups excluding tert-OH is 1. The van der Waals surface area contributed by atoms with Gasteiger partial charge in [0.1, 0.15) is 5.75 Å². The number of hydrogen-bond donors (Lipinski definition) is 1. The number of benzene rings is 3. The smallest absolute Gasteiger partial charge is 0.238 e. The second-order valence-electron chi connectivity index (χ2n) is 10.7. The zero-order valence-corrected chi connectivity index (χ0v) is 24.1. The van der Waals surface area contributed by atoms with Crippen LogP contribution in [0.15, 0.2) is 94.8 Å². The minimum absolute atomic E-state index is 0. The van der Waals surface area contributed by atoms with E-state index >= 15 is 0 Å². The van der Waals surface area contributed by atoms with Gasteiger partial charge in [0.25, 0.3) is 0 Å². The van der Waals surface area contributed by atoms with Gasteiger partial charge in [-0.25, -0.2) is 0 Å². The van der Waals surface area contributed by atoms with E-state index in [-0.39, 0.29) is 33.5 Å². The fourth-order valence-corrected chi connectivity index (χ4v) is 5.05. The number of ether oxygens (including phenoxy) is 1. The van der Waals surface area contributed by atoms with Crippen molar-refractivity contribution in [1.29, 1.82) is 0 Å². The summed E-state index contributed by atoms with van der Waals surface area (Å²) in [5, 5.41) is 18.5. The molecular weight excluding hydrogens is 517 g/mol. The second-order valence-corrected chi connectivity index (χ2v) is 10.7. The van der Waals surface area contributed by atoms with Crippen LogP contribution in [0.1, 0.15) is 56.9 Å². The van der Waals surface area contributed by atoms with Gasteiger partial charge >= 0.3 is 0 Å². The number of nitrogens with zero attached hydrogens (tertiary/aromatic N) is 3. The molecule has 0 spiro atoms. The van der Waals surface area contributed by atoms with Gasteiger partial charge in [-0.1, -0.05) is 63.2 Å². The minimum Gasteiger partial charge on any atom is -0.497 e. The van der Waals surface area contributed by atoms with Gasteiger partial charge < -0.3 is 14.7 Å². The first-order chi connectivity index (χ1) is 17.7. The molecule has 1 heterocycles. The molecule has 0 aromatic heterocycles. The summed E-state index contributed by atoms with van der Waals surface area (Å²) in [5.41, 5.74) is 6.57. The summed E-state index contributed by atoms with van der Waals surface area (Å²) in [7, 11) is 1.71. The van der Waals surface area contributed by atoms with Crippen LogP contribution < -0.4 is 9.64 Å². The zero-order valence-electron chi connectivity index (χ0n) is 23.0. The van der Waals surface area contributed by atoms with Gasteiger partial charge in [0.2, 0.25) is 5.90 Å². The molecule has 5 nitrogen and oxygen atoms in total. The average Bonchev–Trinajstić information content (AvgIpc) is 3.13. The van der Waals surface area contributed by atoms with Gasteiger partial charge in [0.15, 0.2) is 0 Å². The molecule has 1 aliphatic heterocycles. The molecule has 201 valence electrons. The Kier molecular flexibility index (Phi) is 9.23. The van der Waals surface area contributed by atoms with Gasteiger partial charge in [-0.3, -0.25) is 0 Å². The van der Waals surface area contributed by atoms with E-state index in [1.165, 1.54) is 22.4 Å². The van der Waals surface area contributed by atoms with Crippen LogP contribution in [0.3, 0.4) is 0 Å². The Morgan fingerprint density at radius 1 is 1.03 bits per heavy atom. The Labute approximate surface area is 237 Å². The van der Waals surface area contributed by atoms with Crippen molar-refractivity contribution in [2.24, 2.45) is 10.2 Å². The van der Waals surface area contributed by atoms with Crippen LogP contribution in [0.4, 0.5) is 5.69 Å². The molecule has 0 aliphatic carbocycles. The number of fused-ring (bicyclic) bond motifs is 1. The number of hydrogen-bond acceptors (Lipinski definition) is 4. The van der Waals surface area contributed by atoms with Crippen LogP contribution in [0.2, 0.25) is 0 Å². The molecular formula is C32H37CoN3O2. The third-order valence-corrected chi connectivity index (χ3v) is 7.12. The molecule has 0 amide bonds.